The molecule has 0 aromatic heterocycles. The summed E-state index contributed by atoms with van der Waals surface area (Å²) in [4.78, 5) is 0. The van der Waals surface area contributed by atoms with Crippen molar-refractivity contribution in [3.63, 3.8) is 0 Å². The number of allylic oxidation sites excluding steroid dienone is 4. The Kier molecular flexibility index (Phi) is 7.58. The first-order valence-electron chi connectivity index (χ1n) is 3.18. The van der Waals surface area contributed by atoms with Gasteiger partial charge < -0.3 is 0 Å². The van der Waals surface area contributed by atoms with Crippen LogP contribution < -0.4 is 0 Å². The molecule has 0 aliphatic carbocycles. The highest BCUT2D eigenvalue weighted by Gasteiger charge is 1.79. The molecule has 0 rings (SSSR count). The molecule has 0 nitrogen and oxygen atoms in total. The van der Waals surface area contributed by atoms with Gasteiger partial charge in [0, 0.05) is 0 Å². The number of hydrogen-bond donors (Lipinski definition) is 0. The molecular weight excluding hydrogens is 120 g/mol. The van der Waals surface area contributed by atoms with Crippen LogP contribution in [0.5, 0.6) is 0 Å². The second-order valence-electron chi connectivity index (χ2n) is 2.19. The third-order valence-electron chi connectivity index (χ3n) is 1.06. The van der Waals surface area contributed by atoms with Crippen molar-refractivity contribution >= 4 is 0 Å². The van der Waals surface area contributed by atoms with E-state index in [1.807, 2.05) is 19.1 Å². The second-order valence-corrected chi connectivity index (χ2v) is 2.19. The molecule has 58 valence electrons. The van der Waals surface area contributed by atoms with E-state index in [1.54, 1.807) is 0 Å². The van der Waals surface area contributed by atoms with Crippen LogP contribution in [0.15, 0.2) is 36.5 Å². The Hall–Kier alpha value is -0.780. The molecule has 0 bridgehead atoms. The normalized spacial score (nSPS) is 9.00. The van der Waals surface area contributed by atoms with Gasteiger partial charge in [0.05, 0.1) is 0 Å². The van der Waals surface area contributed by atoms with Crippen LogP contribution in [0, 0.1) is 0 Å². The maximum absolute atomic E-state index is 3.82. The van der Waals surface area contributed by atoms with Crippen LogP contribution in [0.3, 0.4) is 0 Å². The first kappa shape index (κ1) is 12.0. The molecule has 10 heavy (non-hydrogen) atoms. The summed E-state index contributed by atoms with van der Waals surface area (Å²) in [6.07, 6.45) is 5.00. The molecule has 0 heteroatoms. The van der Waals surface area contributed by atoms with Gasteiger partial charge in [-0.1, -0.05) is 50.8 Å². The van der Waals surface area contributed by atoms with Crippen LogP contribution in [-0.2, 0) is 0 Å². The molecule has 0 N–H and O–H groups in total. The van der Waals surface area contributed by atoms with Crippen LogP contribution >= 0.6 is 0 Å². The summed E-state index contributed by atoms with van der Waals surface area (Å²) >= 11 is 0. The van der Waals surface area contributed by atoms with Crippen molar-refractivity contribution in [1.29, 1.82) is 0 Å². The Morgan fingerprint density at radius 2 is 1.80 bits per heavy atom. The van der Waals surface area contributed by atoms with Gasteiger partial charge in [-0.15, -0.1) is 0 Å². The molecular formula is C10H18. The summed E-state index contributed by atoms with van der Waals surface area (Å²) < 4.78 is 0. The molecule has 0 atom stereocenters. The molecule has 0 heterocycles. The lowest BCUT2D eigenvalue weighted by molar-refractivity contribution is 1.16. The van der Waals surface area contributed by atoms with Crippen LogP contribution in [0.2, 0.25) is 0 Å². The third-order valence-corrected chi connectivity index (χ3v) is 1.06. The quantitative estimate of drug-likeness (QED) is 0.521. The van der Waals surface area contributed by atoms with E-state index >= 15 is 0 Å². The predicted molar refractivity (Wildman–Crippen MR) is 50.1 cm³/mol. The van der Waals surface area contributed by atoms with Gasteiger partial charge in [-0.3, -0.25) is 0 Å². The molecule has 0 aromatic rings. The summed E-state index contributed by atoms with van der Waals surface area (Å²) in [6, 6.07) is 0. The lowest BCUT2D eigenvalue weighted by atomic mass is 10.2. The highest BCUT2D eigenvalue weighted by atomic mass is 13.9. The van der Waals surface area contributed by atoms with Gasteiger partial charge in [0.15, 0.2) is 0 Å². The van der Waals surface area contributed by atoms with E-state index < -0.39 is 0 Å². The van der Waals surface area contributed by atoms with Crippen molar-refractivity contribution in [2.75, 3.05) is 0 Å². The maximum atomic E-state index is 3.82. The molecule has 0 aliphatic rings. The second kappa shape index (κ2) is 6.34. The smallest absolute Gasteiger partial charge is 0.0313 e. The molecule has 0 unspecified atom stereocenters. The zero-order chi connectivity index (χ0) is 7.28. The lowest BCUT2D eigenvalue weighted by Crippen LogP contribution is -1.69. The third kappa shape index (κ3) is 7.22. The lowest BCUT2D eigenvalue weighted by Gasteiger charge is -1.89. The van der Waals surface area contributed by atoms with Gasteiger partial charge in [-0.05, 0) is 13.3 Å². The van der Waals surface area contributed by atoms with Gasteiger partial charge in [0.2, 0.25) is 0 Å². The summed E-state index contributed by atoms with van der Waals surface area (Å²) in [7, 11) is 0. The fraction of sp³-hybridized carbons (Fsp3) is 0.400. The molecule has 0 spiro atoms. The molecule has 0 aliphatic heterocycles. The van der Waals surface area contributed by atoms with Gasteiger partial charge in [-0.2, -0.15) is 0 Å². The zero-order valence-electron chi connectivity index (χ0n) is 6.28. The minimum atomic E-state index is 0. The minimum absolute atomic E-state index is 0. The summed E-state index contributed by atoms with van der Waals surface area (Å²) in [5.74, 6) is 0. The van der Waals surface area contributed by atoms with Crippen molar-refractivity contribution in [3.05, 3.63) is 36.5 Å². The Balaban J connectivity index is 0. The highest BCUT2D eigenvalue weighted by Crippen LogP contribution is 2.00. The molecule has 0 amide bonds. The predicted octanol–water partition coefficient (Wildman–Crippen LogP) is 3.72. The van der Waals surface area contributed by atoms with Crippen LogP contribution in [-0.4, -0.2) is 0 Å². The SMILES string of the molecule is C.C=C(C)C=CC(=C)CC. The van der Waals surface area contributed by atoms with Gasteiger partial charge >= 0.3 is 0 Å². The standard InChI is InChI=1S/C9H14.CH4/c1-5-9(4)7-6-8(2)3;/h6-7H,2,4-5H2,1,3H3;1H4. The van der Waals surface area contributed by atoms with Crippen molar-refractivity contribution in [3.8, 4) is 0 Å². The van der Waals surface area contributed by atoms with E-state index in [0.29, 0.717) is 0 Å². The topological polar surface area (TPSA) is 0 Å². The molecule has 0 fully saturated rings. The Labute approximate surface area is 65.0 Å². The maximum Gasteiger partial charge on any atom is -0.0313 e. The van der Waals surface area contributed by atoms with Crippen LogP contribution in [0.1, 0.15) is 27.7 Å². The first-order valence-corrected chi connectivity index (χ1v) is 3.18. The number of rotatable bonds is 3. The van der Waals surface area contributed by atoms with E-state index in [0.717, 1.165) is 17.6 Å². The largest absolute Gasteiger partial charge is 0.0961 e. The van der Waals surface area contributed by atoms with E-state index in [1.165, 1.54) is 0 Å². The van der Waals surface area contributed by atoms with E-state index in [9.17, 15) is 0 Å². The van der Waals surface area contributed by atoms with Crippen molar-refractivity contribution in [2.24, 2.45) is 0 Å². The van der Waals surface area contributed by atoms with Crippen molar-refractivity contribution < 1.29 is 0 Å². The zero-order valence-corrected chi connectivity index (χ0v) is 6.28. The molecule has 0 saturated heterocycles. The van der Waals surface area contributed by atoms with Crippen molar-refractivity contribution in [1.82, 2.24) is 0 Å². The fourth-order valence-electron chi connectivity index (χ4n) is 0.378. The van der Waals surface area contributed by atoms with Gasteiger partial charge in [0.25, 0.3) is 0 Å². The monoisotopic (exact) mass is 138 g/mol. The number of hydrogen-bond acceptors (Lipinski definition) is 0. The van der Waals surface area contributed by atoms with Crippen LogP contribution in [0.25, 0.3) is 0 Å². The first-order chi connectivity index (χ1) is 4.16. The highest BCUT2D eigenvalue weighted by molar-refractivity contribution is 5.22. The Morgan fingerprint density at radius 3 is 2.10 bits per heavy atom. The Bertz CT molecular complexity index is 138. The fourth-order valence-corrected chi connectivity index (χ4v) is 0.378. The minimum Gasteiger partial charge on any atom is -0.0961 e. The average Bonchev–Trinajstić information content (AvgIpc) is 1.83. The van der Waals surface area contributed by atoms with Gasteiger partial charge in [-0.25, -0.2) is 0 Å². The molecule has 0 saturated carbocycles. The summed E-state index contributed by atoms with van der Waals surface area (Å²) in [5.41, 5.74) is 2.22. The van der Waals surface area contributed by atoms with Gasteiger partial charge in [0.1, 0.15) is 0 Å². The average molecular weight is 138 g/mol. The van der Waals surface area contributed by atoms with Crippen LogP contribution in [0.4, 0.5) is 0 Å². The summed E-state index contributed by atoms with van der Waals surface area (Å²) in [6.45, 7) is 11.6. The van der Waals surface area contributed by atoms with E-state index in [2.05, 4.69) is 20.1 Å². The van der Waals surface area contributed by atoms with E-state index in [4.69, 9.17) is 0 Å². The van der Waals surface area contributed by atoms with Crippen molar-refractivity contribution in [2.45, 2.75) is 27.7 Å². The van der Waals surface area contributed by atoms with E-state index in [-0.39, 0.29) is 7.43 Å². The Morgan fingerprint density at radius 1 is 1.30 bits per heavy atom. The molecule has 0 radical (unpaired) electrons. The molecule has 0 aromatic carbocycles. The summed E-state index contributed by atoms with van der Waals surface area (Å²) in [5, 5.41) is 0.